The molecule has 158 valence electrons. The number of carbonyl (C=O) groups excluding carboxylic acids is 3. The minimum Gasteiger partial charge on any atom is -0.481 e. The highest BCUT2D eigenvalue weighted by atomic mass is 16.6. The topological polar surface area (TPSA) is 168 Å². The standard InChI is InChI=1S/C18H27NO9/c1-17(2,7-12(20)21)9-15(25)27-11(19)5-6-14(24)28-16(26)10-18(3,4)8-13(22)23/h19H,5-10H2,1-4H3,(H,20,21)(H,22,23). The summed E-state index contributed by atoms with van der Waals surface area (Å²) in [7, 11) is 0. The van der Waals surface area contributed by atoms with Gasteiger partial charge in [-0.15, -0.1) is 0 Å². The van der Waals surface area contributed by atoms with Crippen molar-refractivity contribution in [3.05, 3.63) is 0 Å². The third kappa shape index (κ3) is 12.6. The fourth-order valence-electron chi connectivity index (χ4n) is 2.38. The zero-order valence-corrected chi connectivity index (χ0v) is 16.5. The number of rotatable bonds is 11. The van der Waals surface area contributed by atoms with E-state index in [0.717, 1.165) is 0 Å². The first kappa shape index (κ1) is 25.2. The molecule has 0 bridgehead atoms. The maximum atomic E-state index is 11.7. The van der Waals surface area contributed by atoms with Crippen LogP contribution >= 0.6 is 0 Å². The first-order valence-electron chi connectivity index (χ1n) is 8.57. The third-order valence-corrected chi connectivity index (χ3v) is 3.53. The summed E-state index contributed by atoms with van der Waals surface area (Å²) in [6, 6.07) is 0. The number of nitrogens with one attached hydrogen (secondary N) is 1. The smallest absolute Gasteiger partial charge is 0.313 e. The predicted octanol–water partition coefficient (Wildman–Crippen LogP) is 2.14. The van der Waals surface area contributed by atoms with Crippen LogP contribution in [0, 0.1) is 16.2 Å². The van der Waals surface area contributed by atoms with Gasteiger partial charge in [0, 0.05) is 6.42 Å². The van der Waals surface area contributed by atoms with Crippen LogP contribution < -0.4 is 0 Å². The Kier molecular flexibility index (Phi) is 9.48. The summed E-state index contributed by atoms with van der Waals surface area (Å²) in [5.41, 5.74) is -1.73. The van der Waals surface area contributed by atoms with E-state index in [9.17, 15) is 24.0 Å². The van der Waals surface area contributed by atoms with Crippen molar-refractivity contribution in [1.29, 1.82) is 5.41 Å². The molecule has 0 aromatic carbocycles. The summed E-state index contributed by atoms with van der Waals surface area (Å²) in [6.45, 7) is 6.24. The van der Waals surface area contributed by atoms with E-state index in [1.54, 1.807) is 27.7 Å². The highest BCUT2D eigenvalue weighted by Crippen LogP contribution is 2.26. The van der Waals surface area contributed by atoms with E-state index in [0.29, 0.717) is 0 Å². The van der Waals surface area contributed by atoms with Crippen molar-refractivity contribution in [2.24, 2.45) is 10.8 Å². The lowest BCUT2D eigenvalue weighted by molar-refractivity contribution is -0.161. The molecule has 0 aromatic rings. The number of ether oxygens (including phenoxy) is 2. The van der Waals surface area contributed by atoms with E-state index in [1.165, 1.54) is 0 Å². The van der Waals surface area contributed by atoms with Gasteiger partial charge in [-0.2, -0.15) is 0 Å². The lowest BCUT2D eigenvalue weighted by atomic mass is 9.86. The molecule has 10 heteroatoms. The Balaban J connectivity index is 4.32. The predicted molar refractivity (Wildman–Crippen MR) is 95.5 cm³/mol. The molecule has 0 saturated heterocycles. The van der Waals surface area contributed by atoms with Crippen LogP contribution in [0.2, 0.25) is 0 Å². The molecule has 0 aliphatic rings. The first-order chi connectivity index (χ1) is 12.6. The number of hydrogen-bond donors (Lipinski definition) is 3. The monoisotopic (exact) mass is 401 g/mol. The zero-order valence-electron chi connectivity index (χ0n) is 16.5. The van der Waals surface area contributed by atoms with E-state index >= 15 is 0 Å². The Morgan fingerprint density at radius 1 is 0.679 bits per heavy atom. The molecule has 0 aliphatic carbocycles. The van der Waals surface area contributed by atoms with Gasteiger partial charge in [-0.1, -0.05) is 27.7 Å². The summed E-state index contributed by atoms with van der Waals surface area (Å²) in [5, 5.41) is 25.1. The number of carbonyl (C=O) groups is 5. The molecular formula is C18H27NO9. The van der Waals surface area contributed by atoms with E-state index in [4.69, 9.17) is 20.4 Å². The van der Waals surface area contributed by atoms with Gasteiger partial charge in [0.25, 0.3) is 0 Å². The molecule has 0 spiro atoms. The highest BCUT2D eigenvalue weighted by Gasteiger charge is 2.28. The molecule has 0 saturated carbocycles. The largest absolute Gasteiger partial charge is 0.481 e. The van der Waals surface area contributed by atoms with E-state index in [2.05, 4.69) is 4.74 Å². The highest BCUT2D eigenvalue weighted by molar-refractivity contribution is 5.91. The summed E-state index contributed by atoms with van der Waals surface area (Å²) >= 11 is 0. The molecule has 0 unspecified atom stereocenters. The minimum absolute atomic E-state index is 0.219. The van der Waals surface area contributed by atoms with Crippen LogP contribution in [-0.2, 0) is 33.4 Å². The van der Waals surface area contributed by atoms with Crippen molar-refractivity contribution in [2.75, 3.05) is 0 Å². The number of hydrogen-bond acceptors (Lipinski definition) is 8. The fraction of sp³-hybridized carbons (Fsp3) is 0.667. The minimum atomic E-state index is -1.08. The molecule has 0 atom stereocenters. The van der Waals surface area contributed by atoms with Gasteiger partial charge in [0.15, 0.2) is 5.90 Å². The zero-order chi connectivity index (χ0) is 22.1. The summed E-state index contributed by atoms with van der Waals surface area (Å²) in [6.07, 6.45) is -1.66. The number of esters is 3. The molecule has 0 amide bonds. The van der Waals surface area contributed by atoms with Gasteiger partial charge >= 0.3 is 29.8 Å². The van der Waals surface area contributed by atoms with Crippen molar-refractivity contribution in [2.45, 2.75) is 66.2 Å². The molecule has 3 N–H and O–H groups in total. The van der Waals surface area contributed by atoms with Gasteiger partial charge in [0.1, 0.15) is 0 Å². The van der Waals surface area contributed by atoms with Crippen molar-refractivity contribution in [3.8, 4) is 0 Å². The van der Waals surface area contributed by atoms with Crippen LogP contribution in [0.3, 0.4) is 0 Å². The molecule has 0 rings (SSSR count). The van der Waals surface area contributed by atoms with Crippen LogP contribution in [0.15, 0.2) is 0 Å². The molecule has 0 fully saturated rings. The van der Waals surface area contributed by atoms with Crippen LogP contribution in [0.4, 0.5) is 0 Å². The van der Waals surface area contributed by atoms with Crippen molar-refractivity contribution in [3.63, 3.8) is 0 Å². The fourth-order valence-corrected chi connectivity index (χ4v) is 2.38. The summed E-state index contributed by atoms with van der Waals surface area (Å²) in [4.78, 5) is 56.5. The molecule has 28 heavy (non-hydrogen) atoms. The Bertz CT molecular complexity index is 593. The second kappa shape index (κ2) is 10.5. The van der Waals surface area contributed by atoms with Crippen molar-refractivity contribution in [1.82, 2.24) is 0 Å². The molecule has 0 radical (unpaired) electrons. The van der Waals surface area contributed by atoms with Crippen LogP contribution in [0.5, 0.6) is 0 Å². The second-order valence-corrected chi connectivity index (χ2v) is 8.07. The van der Waals surface area contributed by atoms with Gasteiger partial charge < -0.3 is 19.7 Å². The second-order valence-electron chi connectivity index (χ2n) is 8.07. The number of carboxylic acids is 2. The molecular weight excluding hydrogens is 374 g/mol. The van der Waals surface area contributed by atoms with Gasteiger partial charge in [-0.05, 0) is 10.8 Å². The number of aliphatic carboxylic acids is 2. The van der Waals surface area contributed by atoms with Crippen molar-refractivity contribution < 1.29 is 43.7 Å². The van der Waals surface area contributed by atoms with Crippen LogP contribution in [-0.4, -0.2) is 46.0 Å². The maximum absolute atomic E-state index is 11.7. The average molecular weight is 401 g/mol. The molecule has 0 heterocycles. The summed E-state index contributed by atoms with van der Waals surface area (Å²) < 4.78 is 9.32. The van der Waals surface area contributed by atoms with Crippen LogP contribution in [0.1, 0.15) is 66.2 Å². The normalized spacial score (nSPS) is 11.4. The van der Waals surface area contributed by atoms with Crippen LogP contribution in [0.25, 0.3) is 0 Å². The van der Waals surface area contributed by atoms with Gasteiger partial charge in [-0.25, -0.2) is 0 Å². The molecule has 0 aliphatic heterocycles. The van der Waals surface area contributed by atoms with E-state index in [-0.39, 0.29) is 38.5 Å². The van der Waals surface area contributed by atoms with E-state index in [1.807, 2.05) is 0 Å². The maximum Gasteiger partial charge on any atom is 0.313 e. The molecule has 10 nitrogen and oxygen atoms in total. The van der Waals surface area contributed by atoms with Gasteiger partial charge in [0.05, 0.1) is 32.1 Å². The molecule has 0 aromatic heterocycles. The lowest BCUT2D eigenvalue weighted by Gasteiger charge is -2.21. The Labute approximate surface area is 162 Å². The van der Waals surface area contributed by atoms with Gasteiger partial charge in [-0.3, -0.25) is 29.4 Å². The Hall–Kier alpha value is -2.78. The van der Waals surface area contributed by atoms with E-state index < -0.39 is 46.6 Å². The van der Waals surface area contributed by atoms with Gasteiger partial charge in [0.2, 0.25) is 0 Å². The first-order valence-corrected chi connectivity index (χ1v) is 8.57. The summed E-state index contributed by atoms with van der Waals surface area (Å²) in [5.74, 6) is -5.25. The third-order valence-electron chi connectivity index (χ3n) is 3.53. The van der Waals surface area contributed by atoms with Crippen molar-refractivity contribution >= 4 is 35.7 Å². The number of carboxylic acid groups (broad SMARTS) is 2. The SMILES string of the molecule is CC(C)(CC(=O)O)CC(=O)OC(=N)CCC(=O)OC(=O)CC(C)(C)CC(=O)O. The Morgan fingerprint density at radius 3 is 1.46 bits per heavy atom. The quantitative estimate of drug-likeness (QED) is 0.203. The average Bonchev–Trinajstić information content (AvgIpc) is 2.39. The lowest BCUT2D eigenvalue weighted by Crippen LogP contribution is -2.25. The Morgan fingerprint density at radius 2 is 1.07 bits per heavy atom.